The number of quaternary nitrogens is 2. The van der Waals surface area contributed by atoms with Crippen molar-refractivity contribution in [1.82, 2.24) is 19.9 Å². The average molecular weight is 1070 g/mol. The van der Waals surface area contributed by atoms with Gasteiger partial charge in [-0.3, -0.25) is 19.9 Å². The van der Waals surface area contributed by atoms with Crippen molar-refractivity contribution in [3.63, 3.8) is 0 Å². The normalized spacial score (nSPS) is 10.8. The summed E-state index contributed by atoms with van der Waals surface area (Å²) in [4.78, 5) is 58.5. The molecule has 0 aliphatic rings. The van der Waals surface area contributed by atoms with E-state index < -0.39 is 23.9 Å². The maximum atomic E-state index is 10.7. The number of carboxylic acids is 4. The average Bonchev–Trinajstić information content (AvgIpc) is 3.38. The summed E-state index contributed by atoms with van der Waals surface area (Å²) in [5.41, 5.74) is 0.779. The molecule has 4 heterocycles. The third-order valence-electron chi connectivity index (χ3n) is 12.4. The van der Waals surface area contributed by atoms with E-state index in [-0.39, 0.29) is 64.5 Å². The van der Waals surface area contributed by atoms with E-state index in [0.717, 1.165) is 0 Å². The van der Waals surface area contributed by atoms with Crippen LogP contribution in [0.1, 0.15) is 200 Å². The van der Waals surface area contributed by atoms with Crippen LogP contribution >= 0.6 is 0 Å². The Kier molecular flexibility index (Phi) is 36.0. The number of carbonyl (C=O) groups excluding carboxylic acids is 4. The van der Waals surface area contributed by atoms with Crippen LogP contribution in [0.2, 0.25) is 0 Å². The van der Waals surface area contributed by atoms with Crippen LogP contribution in [0.15, 0.2) is 73.3 Å². The third kappa shape index (κ3) is 26.3. The molecule has 71 heavy (non-hydrogen) atoms. The largest absolute Gasteiger partial charge is 2.00 e. The number of aromatic carboxylic acids is 4. The zero-order valence-corrected chi connectivity index (χ0v) is 45.9. The molecule has 0 amide bonds. The molecule has 0 saturated carbocycles. The number of rotatable bonds is 30. The van der Waals surface area contributed by atoms with Crippen molar-refractivity contribution < 1.29 is 68.0 Å². The first-order valence-corrected chi connectivity index (χ1v) is 26.0. The van der Waals surface area contributed by atoms with E-state index in [2.05, 4.69) is 75.3 Å². The summed E-state index contributed by atoms with van der Waals surface area (Å²) in [5.74, 6) is -5.35. The van der Waals surface area contributed by atoms with E-state index in [9.17, 15) is 39.6 Å². The summed E-state index contributed by atoms with van der Waals surface area (Å²) in [5, 5.41) is 42.8. The van der Waals surface area contributed by atoms with Gasteiger partial charge < -0.3 is 48.6 Å². The molecule has 0 saturated heterocycles. The topological polar surface area (TPSA) is 212 Å². The molecule has 4 aromatic heterocycles. The van der Waals surface area contributed by atoms with Crippen LogP contribution in [0.5, 0.6) is 0 Å². The van der Waals surface area contributed by atoms with Crippen LogP contribution in [-0.2, 0) is 19.5 Å². The number of carboxylic acid groups (broad SMARTS) is 4. The quantitative estimate of drug-likeness (QED) is 0.0362. The van der Waals surface area contributed by atoms with Gasteiger partial charge in [-0.05, 0) is 99.9 Å². The summed E-state index contributed by atoms with van der Waals surface area (Å²) in [6, 6.07) is 10.2. The Labute approximate surface area is 438 Å². The molecule has 4 aromatic rings. The van der Waals surface area contributed by atoms with Crippen LogP contribution in [0.4, 0.5) is 0 Å². The second kappa shape index (κ2) is 38.7. The van der Waals surface area contributed by atoms with Gasteiger partial charge in [0.1, 0.15) is 0 Å². The van der Waals surface area contributed by atoms with Gasteiger partial charge in [0.15, 0.2) is 0 Å². The van der Waals surface area contributed by atoms with Crippen molar-refractivity contribution in [3.8, 4) is 22.8 Å². The molecule has 0 unspecified atom stereocenters. The number of hydrogen-bond acceptors (Lipinski definition) is 12. The predicted molar refractivity (Wildman–Crippen MR) is 271 cm³/mol. The molecular formula is C56H84N6O8Ru. The van der Waals surface area contributed by atoms with Gasteiger partial charge in [0.25, 0.3) is 0 Å². The SMILES string of the molecule is CCCC[N+](CCCC)(CCCC)CCCC.CCCC[N+](CCCC)(CCCC)CCCC.O=C([O-])c1ccnc(-c2cc(C(=O)[O-])ccn2)c1.O=C([O-])c1ccnc(-c2cc(C(=O)[O-])ccn2)c1.[Ru+2]. The molecule has 15 heteroatoms. The fourth-order valence-electron chi connectivity index (χ4n) is 8.08. The van der Waals surface area contributed by atoms with Crippen molar-refractivity contribution in [2.45, 2.75) is 158 Å². The smallest absolute Gasteiger partial charge is 0.545 e. The Hall–Kier alpha value is -4.98. The molecule has 4 rings (SSSR count). The zero-order valence-electron chi connectivity index (χ0n) is 44.2. The Morgan fingerprint density at radius 2 is 0.493 bits per heavy atom. The maximum absolute atomic E-state index is 10.7. The second-order valence-electron chi connectivity index (χ2n) is 18.2. The molecule has 0 radical (unpaired) electrons. The first kappa shape index (κ1) is 66.0. The van der Waals surface area contributed by atoms with Crippen molar-refractivity contribution in [2.24, 2.45) is 0 Å². The van der Waals surface area contributed by atoms with Crippen molar-refractivity contribution in [1.29, 1.82) is 0 Å². The molecule has 0 fully saturated rings. The molecular weight excluding hydrogens is 986 g/mol. The van der Waals surface area contributed by atoms with Gasteiger partial charge in [0.05, 0.1) is 99.0 Å². The van der Waals surface area contributed by atoms with Gasteiger partial charge in [0, 0.05) is 47.0 Å². The Morgan fingerprint density at radius 1 is 0.338 bits per heavy atom. The van der Waals surface area contributed by atoms with E-state index in [1.54, 1.807) is 0 Å². The monoisotopic (exact) mass is 1070 g/mol. The summed E-state index contributed by atoms with van der Waals surface area (Å²) in [6.07, 6.45) is 27.3. The van der Waals surface area contributed by atoms with Gasteiger partial charge in [-0.15, -0.1) is 0 Å². The summed E-state index contributed by atoms with van der Waals surface area (Å²) in [6.45, 7) is 30.0. The molecule has 0 atom stereocenters. The van der Waals surface area contributed by atoms with E-state index in [1.165, 1.54) is 237 Å². The van der Waals surface area contributed by atoms with E-state index in [0.29, 0.717) is 0 Å². The summed E-state index contributed by atoms with van der Waals surface area (Å²) in [7, 11) is 0. The standard InChI is InChI=1S/2C16H36N.2C12H8N2O4.Ru/c2*1-5-9-13-17(14-10-6-2,15-11-7-3)16-12-8-4;2*15-11(16)7-1-3-13-9(5-7)10-6-8(12(17)18)2-4-14-10;/h2*5-16H2,1-4H3;2*1-6H,(H,15,16)(H,17,18);/q2*+1;;;+2/p-4. The van der Waals surface area contributed by atoms with Crippen molar-refractivity contribution >= 4 is 23.9 Å². The Balaban J connectivity index is 0.000000917. The molecule has 0 aromatic carbocycles. The number of nitrogens with zero attached hydrogens (tertiary/aromatic N) is 6. The molecule has 0 aliphatic carbocycles. The second-order valence-corrected chi connectivity index (χ2v) is 18.2. The van der Waals surface area contributed by atoms with Crippen LogP contribution < -0.4 is 20.4 Å². The predicted octanol–water partition coefficient (Wildman–Crippen LogP) is 7.75. The fraction of sp³-hybridized carbons (Fsp3) is 0.571. The molecule has 0 aliphatic heterocycles. The van der Waals surface area contributed by atoms with E-state index in [1.807, 2.05) is 0 Å². The molecule has 394 valence electrons. The van der Waals surface area contributed by atoms with E-state index >= 15 is 0 Å². The number of hydrogen-bond donors (Lipinski definition) is 0. The van der Waals surface area contributed by atoms with Crippen molar-refractivity contribution in [3.05, 3.63) is 95.6 Å². The fourth-order valence-corrected chi connectivity index (χ4v) is 8.08. The van der Waals surface area contributed by atoms with Crippen LogP contribution in [0.25, 0.3) is 22.8 Å². The first-order valence-electron chi connectivity index (χ1n) is 26.0. The number of pyridine rings is 4. The van der Waals surface area contributed by atoms with Crippen LogP contribution in [0.3, 0.4) is 0 Å². The van der Waals surface area contributed by atoms with Gasteiger partial charge >= 0.3 is 19.5 Å². The summed E-state index contributed by atoms with van der Waals surface area (Å²) >= 11 is 0. The van der Waals surface area contributed by atoms with Crippen LogP contribution in [-0.4, -0.2) is 105 Å². The zero-order chi connectivity index (χ0) is 52.2. The third-order valence-corrected chi connectivity index (χ3v) is 12.4. The number of aromatic nitrogens is 4. The maximum Gasteiger partial charge on any atom is 2.00 e. The van der Waals surface area contributed by atoms with Crippen molar-refractivity contribution in [2.75, 3.05) is 52.4 Å². The minimum absolute atomic E-state index is 0. The molecule has 0 N–H and O–H groups in total. The first-order chi connectivity index (χ1) is 33.6. The van der Waals surface area contributed by atoms with E-state index in [4.69, 9.17) is 0 Å². The van der Waals surface area contributed by atoms with Gasteiger partial charge in [-0.2, -0.15) is 0 Å². The Bertz CT molecular complexity index is 1770. The minimum Gasteiger partial charge on any atom is -0.545 e. The van der Waals surface area contributed by atoms with Crippen LogP contribution in [0, 0.1) is 0 Å². The summed E-state index contributed by atoms with van der Waals surface area (Å²) < 4.78 is 2.84. The number of carbonyl (C=O) groups is 4. The van der Waals surface area contributed by atoms with Gasteiger partial charge in [0.2, 0.25) is 0 Å². The minimum atomic E-state index is -1.34. The van der Waals surface area contributed by atoms with Gasteiger partial charge in [-0.1, -0.05) is 107 Å². The Morgan fingerprint density at radius 3 is 0.620 bits per heavy atom. The molecule has 0 spiro atoms. The van der Waals surface area contributed by atoms with Gasteiger partial charge in [-0.25, -0.2) is 0 Å². The molecule has 0 bridgehead atoms. The number of unbranched alkanes of at least 4 members (excludes halogenated alkanes) is 8. The molecule has 14 nitrogen and oxygen atoms in total.